The number of rotatable bonds is 4. The normalized spacial score (nSPS) is 10.7. The Kier molecular flexibility index (Phi) is 2.92. The van der Waals surface area contributed by atoms with Gasteiger partial charge in [0.25, 0.3) is 0 Å². The van der Waals surface area contributed by atoms with Crippen LogP contribution in [0.5, 0.6) is 0 Å². The van der Waals surface area contributed by atoms with Crippen LogP contribution >= 0.6 is 0 Å². The van der Waals surface area contributed by atoms with Gasteiger partial charge in [-0.05, 0) is 18.1 Å². The van der Waals surface area contributed by atoms with Crippen LogP contribution in [0, 0.1) is 0 Å². The Bertz CT molecular complexity index is 630. The second-order valence-corrected chi connectivity index (χ2v) is 4.11. The van der Waals surface area contributed by atoms with Crippen LogP contribution in [0.15, 0.2) is 54.9 Å². The predicted octanol–water partition coefficient (Wildman–Crippen LogP) is 2.38. The van der Waals surface area contributed by atoms with E-state index >= 15 is 0 Å². The molecule has 0 unspecified atom stereocenters. The van der Waals surface area contributed by atoms with Gasteiger partial charge in [0, 0.05) is 18.8 Å². The zero-order valence-corrected chi connectivity index (χ0v) is 9.95. The third kappa shape index (κ3) is 2.32. The number of benzene rings is 1. The van der Waals surface area contributed by atoms with E-state index < -0.39 is 0 Å². The fourth-order valence-electron chi connectivity index (χ4n) is 1.89. The summed E-state index contributed by atoms with van der Waals surface area (Å²) in [6, 6.07) is 14.3. The van der Waals surface area contributed by atoms with Gasteiger partial charge in [0.2, 0.25) is 0 Å². The summed E-state index contributed by atoms with van der Waals surface area (Å²) >= 11 is 0. The van der Waals surface area contributed by atoms with Gasteiger partial charge in [-0.15, -0.1) is 0 Å². The van der Waals surface area contributed by atoms with Crippen LogP contribution in [0.25, 0.3) is 5.65 Å². The molecular formula is C14H14N4. The first-order valence-electron chi connectivity index (χ1n) is 6.00. The lowest BCUT2D eigenvalue weighted by Gasteiger charge is -2.05. The van der Waals surface area contributed by atoms with Gasteiger partial charge in [-0.1, -0.05) is 30.3 Å². The van der Waals surface area contributed by atoms with Gasteiger partial charge in [-0.2, -0.15) is 5.10 Å². The monoisotopic (exact) mass is 238 g/mol. The van der Waals surface area contributed by atoms with E-state index in [1.165, 1.54) is 5.56 Å². The number of nitrogens with one attached hydrogen (secondary N) is 1. The lowest BCUT2D eigenvalue weighted by atomic mass is 10.1. The zero-order valence-electron chi connectivity index (χ0n) is 9.95. The molecule has 1 aromatic carbocycles. The Morgan fingerprint density at radius 3 is 2.83 bits per heavy atom. The van der Waals surface area contributed by atoms with E-state index in [2.05, 4.69) is 39.7 Å². The van der Waals surface area contributed by atoms with Gasteiger partial charge in [-0.3, -0.25) is 0 Å². The maximum absolute atomic E-state index is 4.46. The molecule has 0 atom stereocenters. The molecule has 0 amide bonds. The first-order valence-corrected chi connectivity index (χ1v) is 6.00. The summed E-state index contributed by atoms with van der Waals surface area (Å²) in [5.41, 5.74) is 2.19. The smallest absolute Gasteiger partial charge is 0.157 e. The summed E-state index contributed by atoms with van der Waals surface area (Å²) in [4.78, 5) is 4.46. The molecule has 3 rings (SSSR count). The largest absolute Gasteiger partial charge is 0.370 e. The Morgan fingerprint density at radius 2 is 1.94 bits per heavy atom. The highest BCUT2D eigenvalue weighted by Gasteiger charge is 1.98. The third-order valence-electron chi connectivity index (χ3n) is 2.82. The summed E-state index contributed by atoms with van der Waals surface area (Å²) < 4.78 is 1.75. The van der Waals surface area contributed by atoms with Gasteiger partial charge >= 0.3 is 0 Å². The summed E-state index contributed by atoms with van der Waals surface area (Å²) in [6.45, 7) is 0.876. The highest BCUT2D eigenvalue weighted by molar-refractivity contribution is 5.45. The Hall–Kier alpha value is -2.36. The van der Waals surface area contributed by atoms with E-state index in [9.17, 15) is 0 Å². The average molecular weight is 238 g/mol. The van der Waals surface area contributed by atoms with E-state index in [4.69, 9.17) is 0 Å². The van der Waals surface area contributed by atoms with Crippen molar-refractivity contribution in [1.82, 2.24) is 14.6 Å². The van der Waals surface area contributed by atoms with Crippen molar-refractivity contribution in [3.8, 4) is 0 Å². The number of aromatic nitrogens is 3. The van der Waals surface area contributed by atoms with Crippen molar-refractivity contribution in [2.24, 2.45) is 0 Å². The highest BCUT2D eigenvalue weighted by Crippen LogP contribution is 2.06. The maximum atomic E-state index is 4.46. The van der Waals surface area contributed by atoms with Gasteiger partial charge in [-0.25, -0.2) is 9.50 Å². The van der Waals surface area contributed by atoms with Crippen LogP contribution in [0.1, 0.15) is 5.56 Å². The second kappa shape index (κ2) is 4.87. The minimum Gasteiger partial charge on any atom is -0.370 e. The first-order chi connectivity index (χ1) is 8.92. The molecule has 0 saturated heterocycles. The molecule has 0 bridgehead atoms. The molecule has 2 heterocycles. The minimum absolute atomic E-state index is 0.861. The molecule has 2 aromatic heterocycles. The molecule has 3 aromatic rings. The fourth-order valence-corrected chi connectivity index (χ4v) is 1.89. The minimum atomic E-state index is 0.861. The van der Waals surface area contributed by atoms with E-state index in [1.54, 1.807) is 10.7 Å². The van der Waals surface area contributed by atoms with E-state index in [0.717, 1.165) is 24.4 Å². The number of fused-ring (bicyclic) bond motifs is 1. The van der Waals surface area contributed by atoms with E-state index in [-0.39, 0.29) is 0 Å². The molecule has 1 N–H and O–H groups in total. The quantitative estimate of drug-likeness (QED) is 0.758. The van der Waals surface area contributed by atoms with E-state index in [1.807, 2.05) is 24.4 Å². The molecule has 0 aliphatic heterocycles. The maximum Gasteiger partial charge on any atom is 0.157 e. The highest BCUT2D eigenvalue weighted by atomic mass is 15.2. The predicted molar refractivity (Wildman–Crippen MR) is 71.6 cm³/mol. The van der Waals surface area contributed by atoms with Crippen molar-refractivity contribution in [3.63, 3.8) is 0 Å². The van der Waals surface area contributed by atoms with Crippen LogP contribution in [0.2, 0.25) is 0 Å². The van der Waals surface area contributed by atoms with Crippen molar-refractivity contribution in [1.29, 1.82) is 0 Å². The molecule has 0 saturated carbocycles. The summed E-state index contributed by atoms with van der Waals surface area (Å²) in [5.74, 6) is 0.888. The van der Waals surface area contributed by atoms with Crippen molar-refractivity contribution in [3.05, 3.63) is 60.4 Å². The molecule has 4 nitrogen and oxygen atoms in total. The SMILES string of the molecule is c1ccc(CCNc2ccn3nccc3n2)cc1. The number of hydrogen-bond acceptors (Lipinski definition) is 3. The van der Waals surface area contributed by atoms with Gasteiger partial charge in [0.05, 0.1) is 6.20 Å². The molecule has 0 radical (unpaired) electrons. The zero-order chi connectivity index (χ0) is 12.2. The topological polar surface area (TPSA) is 42.2 Å². The Morgan fingerprint density at radius 1 is 1.06 bits per heavy atom. The summed E-state index contributed by atoms with van der Waals surface area (Å²) in [6.07, 6.45) is 4.65. The molecule has 0 spiro atoms. The van der Waals surface area contributed by atoms with Crippen molar-refractivity contribution >= 4 is 11.5 Å². The van der Waals surface area contributed by atoms with Crippen LogP contribution in [0.4, 0.5) is 5.82 Å². The molecule has 0 aliphatic rings. The average Bonchev–Trinajstić information content (AvgIpc) is 2.87. The molecule has 0 aliphatic carbocycles. The van der Waals surface area contributed by atoms with Crippen molar-refractivity contribution in [2.75, 3.05) is 11.9 Å². The Labute approximate surface area is 105 Å². The molecule has 18 heavy (non-hydrogen) atoms. The first kappa shape index (κ1) is 10.8. The van der Waals surface area contributed by atoms with Gasteiger partial charge in [0.15, 0.2) is 5.65 Å². The van der Waals surface area contributed by atoms with Crippen LogP contribution in [0.3, 0.4) is 0 Å². The summed E-state index contributed by atoms with van der Waals surface area (Å²) in [7, 11) is 0. The molecule has 0 fully saturated rings. The third-order valence-corrected chi connectivity index (χ3v) is 2.82. The standard InChI is InChI=1S/C14H14N4/c1-2-4-12(5-3-1)6-9-15-13-8-11-18-14(17-13)7-10-16-18/h1-5,7-8,10-11H,6,9H2,(H,15,17). The van der Waals surface area contributed by atoms with Crippen molar-refractivity contribution < 1.29 is 0 Å². The van der Waals surface area contributed by atoms with Crippen molar-refractivity contribution in [2.45, 2.75) is 6.42 Å². The summed E-state index contributed by atoms with van der Waals surface area (Å²) in [5, 5.41) is 7.44. The number of anilines is 1. The lowest BCUT2D eigenvalue weighted by Crippen LogP contribution is -2.06. The van der Waals surface area contributed by atoms with Crippen LogP contribution in [-0.2, 0) is 6.42 Å². The molecular weight excluding hydrogens is 224 g/mol. The van der Waals surface area contributed by atoms with Gasteiger partial charge in [0.1, 0.15) is 5.82 Å². The fraction of sp³-hybridized carbons (Fsp3) is 0.143. The van der Waals surface area contributed by atoms with Gasteiger partial charge < -0.3 is 5.32 Å². The molecule has 90 valence electrons. The van der Waals surface area contributed by atoms with E-state index in [0.29, 0.717) is 0 Å². The lowest BCUT2D eigenvalue weighted by molar-refractivity contribution is 0.932. The number of nitrogens with zero attached hydrogens (tertiary/aromatic N) is 3. The number of hydrogen-bond donors (Lipinski definition) is 1. The second-order valence-electron chi connectivity index (χ2n) is 4.11. The Balaban J connectivity index is 1.62. The molecule has 4 heteroatoms. The van der Waals surface area contributed by atoms with Crippen LogP contribution in [-0.4, -0.2) is 21.1 Å². The van der Waals surface area contributed by atoms with Crippen LogP contribution < -0.4 is 5.32 Å².